The van der Waals surface area contributed by atoms with Crippen LogP contribution in [0.25, 0.3) is 11.1 Å². The van der Waals surface area contributed by atoms with Gasteiger partial charge in [-0.15, -0.1) is 0 Å². The lowest BCUT2D eigenvalue weighted by Gasteiger charge is -2.18. The van der Waals surface area contributed by atoms with Crippen LogP contribution in [-0.2, 0) is 11.2 Å². The second kappa shape index (κ2) is 10.9. The van der Waals surface area contributed by atoms with Crippen LogP contribution < -0.4 is 11.1 Å². The summed E-state index contributed by atoms with van der Waals surface area (Å²) in [4.78, 5) is 17.4. The molecule has 0 fully saturated rings. The molecule has 0 saturated heterocycles. The third-order valence-electron chi connectivity index (χ3n) is 5.76. The van der Waals surface area contributed by atoms with Crippen molar-refractivity contribution in [1.29, 1.82) is 10.5 Å². The molecule has 0 aliphatic carbocycles. The summed E-state index contributed by atoms with van der Waals surface area (Å²) in [5.74, 6) is -0.138. The van der Waals surface area contributed by atoms with Crippen molar-refractivity contribution in [3.63, 3.8) is 0 Å². The number of nitrogen functional groups attached to an aromatic ring is 1. The number of nitrogens with one attached hydrogen (secondary N) is 1. The van der Waals surface area contributed by atoms with Crippen LogP contribution in [0.1, 0.15) is 48.1 Å². The van der Waals surface area contributed by atoms with Gasteiger partial charge in [-0.1, -0.05) is 55.9 Å². The lowest BCUT2D eigenvalue weighted by Crippen LogP contribution is -2.25. The highest BCUT2D eigenvalue weighted by atomic mass is 32.2. The average Bonchev–Trinajstić information content (AvgIpc) is 2.84. The van der Waals surface area contributed by atoms with Crippen molar-refractivity contribution >= 4 is 29.2 Å². The second-order valence-corrected chi connectivity index (χ2v) is 9.20. The standard InChI is InChI=1S/C27H27N5OS/c1-5-18-8-10-19(11-9-18)24-21(14-28)25(30)32-27(22(24)15-29)34-23(6-2)26(33)31-20-12-7-16(3)17(4)13-20/h7-13,23H,5-6H2,1-4H3,(H2,30,32)(H,31,33). The van der Waals surface area contributed by atoms with Gasteiger partial charge in [-0.25, -0.2) is 4.98 Å². The molecule has 0 bridgehead atoms. The molecule has 1 amide bonds. The van der Waals surface area contributed by atoms with Crippen LogP contribution in [-0.4, -0.2) is 16.1 Å². The number of aryl methyl sites for hydroxylation is 3. The summed E-state index contributed by atoms with van der Waals surface area (Å²) in [5, 5.41) is 22.6. The molecule has 1 unspecified atom stereocenters. The van der Waals surface area contributed by atoms with Gasteiger partial charge in [0.15, 0.2) is 0 Å². The number of nitrogens with two attached hydrogens (primary N) is 1. The van der Waals surface area contributed by atoms with Crippen molar-refractivity contribution < 1.29 is 4.79 Å². The minimum absolute atomic E-state index is 0.0444. The van der Waals surface area contributed by atoms with E-state index in [-0.39, 0.29) is 22.9 Å². The number of hydrogen-bond acceptors (Lipinski definition) is 6. The summed E-state index contributed by atoms with van der Waals surface area (Å²) >= 11 is 1.19. The fraction of sp³-hybridized carbons (Fsp3) is 0.259. The Morgan fingerprint density at radius 1 is 1.06 bits per heavy atom. The molecule has 0 aliphatic heterocycles. The molecule has 2 aromatic carbocycles. The van der Waals surface area contributed by atoms with Gasteiger partial charge in [-0.3, -0.25) is 4.79 Å². The summed E-state index contributed by atoms with van der Waals surface area (Å²) < 4.78 is 0. The van der Waals surface area contributed by atoms with Crippen molar-refractivity contribution in [2.75, 3.05) is 11.1 Å². The number of benzene rings is 2. The number of nitriles is 2. The first-order chi connectivity index (χ1) is 16.3. The molecule has 3 rings (SSSR count). The van der Waals surface area contributed by atoms with Crippen LogP contribution in [0.4, 0.5) is 11.5 Å². The SMILES string of the molecule is CCc1ccc(-c2c(C#N)c(N)nc(SC(CC)C(=O)Nc3ccc(C)c(C)c3)c2C#N)cc1. The third kappa shape index (κ3) is 5.22. The zero-order chi connectivity index (χ0) is 24.8. The molecule has 0 radical (unpaired) electrons. The monoisotopic (exact) mass is 469 g/mol. The molecular weight excluding hydrogens is 442 g/mol. The fourth-order valence-corrected chi connectivity index (χ4v) is 4.60. The molecule has 6 nitrogen and oxygen atoms in total. The number of pyridine rings is 1. The maximum atomic E-state index is 13.1. The van der Waals surface area contributed by atoms with E-state index in [1.54, 1.807) is 0 Å². The number of amides is 1. The first-order valence-electron chi connectivity index (χ1n) is 11.1. The van der Waals surface area contributed by atoms with Crippen LogP contribution in [0.2, 0.25) is 0 Å². The van der Waals surface area contributed by atoms with E-state index < -0.39 is 5.25 Å². The molecule has 0 saturated carbocycles. The smallest absolute Gasteiger partial charge is 0.237 e. The Balaban J connectivity index is 2.00. The van der Waals surface area contributed by atoms with E-state index in [0.717, 1.165) is 28.8 Å². The number of anilines is 2. The van der Waals surface area contributed by atoms with Crippen molar-refractivity contribution in [2.45, 2.75) is 50.8 Å². The van der Waals surface area contributed by atoms with Gasteiger partial charge in [0.2, 0.25) is 5.91 Å². The Hall–Kier alpha value is -3.81. The number of aromatic nitrogens is 1. The minimum atomic E-state index is -0.496. The van der Waals surface area contributed by atoms with Gasteiger partial charge < -0.3 is 11.1 Å². The Morgan fingerprint density at radius 2 is 1.74 bits per heavy atom. The predicted octanol–water partition coefficient (Wildman–Crippen LogP) is 5.76. The van der Waals surface area contributed by atoms with E-state index in [1.165, 1.54) is 11.8 Å². The molecular formula is C27H27N5OS. The molecule has 1 atom stereocenters. The molecule has 34 heavy (non-hydrogen) atoms. The van der Waals surface area contributed by atoms with E-state index in [9.17, 15) is 15.3 Å². The van der Waals surface area contributed by atoms with E-state index >= 15 is 0 Å². The predicted molar refractivity (Wildman–Crippen MR) is 137 cm³/mol. The molecule has 1 heterocycles. The molecule has 0 spiro atoms. The number of thioether (sulfide) groups is 1. The third-order valence-corrected chi connectivity index (χ3v) is 7.11. The van der Waals surface area contributed by atoms with Gasteiger partial charge in [0, 0.05) is 11.3 Å². The Kier molecular flexibility index (Phi) is 7.94. The van der Waals surface area contributed by atoms with Crippen LogP contribution in [0.5, 0.6) is 0 Å². The van der Waals surface area contributed by atoms with Crippen molar-refractivity contribution in [3.8, 4) is 23.3 Å². The van der Waals surface area contributed by atoms with Crippen LogP contribution in [0.3, 0.4) is 0 Å². The van der Waals surface area contributed by atoms with Crippen LogP contribution in [0, 0.1) is 36.5 Å². The van der Waals surface area contributed by atoms with Crippen LogP contribution >= 0.6 is 11.8 Å². The average molecular weight is 470 g/mol. The maximum Gasteiger partial charge on any atom is 0.237 e. The number of carbonyl (C=O) groups excluding carboxylic acids is 1. The van der Waals surface area contributed by atoms with E-state index in [2.05, 4.69) is 29.4 Å². The minimum Gasteiger partial charge on any atom is -0.383 e. The quantitative estimate of drug-likeness (QED) is 0.425. The normalized spacial score (nSPS) is 11.4. The lowest BCUT2D eigenvalue weighted by molar-refractivity contribution is -0.115. The Morgan fingerprint density at radius 3 is 2.29 bits per heavy atom. The highest BCUT2D eigenvalue weighted by Gasteiger charge is 2.25. The van der Waals surface area contributed by atoms with Gasteiger partial charge in [0.1, 0.15) is 28.5 Å². The highest BCUT2D eigenvalue weighted by molar-refractivity contribution is 8.00. The molecule has 3 aromatic rings. The van der Waals surface area contributed by atoms with Gasteiger partial charge >= 0.3 is 0 Å². The highest BCUT2D eigenvalue weighted by Crippen LogP contribution is 2.37. The largest absolute Gasteiger partial charge is 0.383 e. The zero-order valence-electron chi connectivity index (χ0n) is 19.8. The maximum absolute atomic E-state index is 13.1. The summed E-state index contributed by atoms with van der Waals surface area (Å²) in [5.41, 5.74) is 11.8. The summed E-state index contributed by atoms with van der Waals surface area (Å²) in [6.07, 6.45) is 1.40. The summed E-state index contributed by atoms with van der Waals surface area (Å²) in [7, 11) is 0. The molecule has 1 aromatic heterocycles. The first kappa shape index (κ1) is 24.8. The molecule has 3 N–H and O–H groups in total. The Bertz CT molecular complexity index is 1300. The topological polar surface area (TPSA) is 116 Å². The van der Waals surface area contributed by atoms with Crippen LogP contribution in [0.15, 0.2) is 47.5 Å². The van der Waals surface area contributed by atoms with E-state index in [4.69, 9.17) is 5.73 Å². The van der Waals surface area contributed by atoms with Gasteiger partial charge in [0.25, 0.3) is 0 Å². The van der Waals surface area contributed by atoms with Crippen molar-refractivity contribution in [1.82, 2.24) is 4.98 Å². The summed E-state index contributed by atoms with van der Waals surface area (Å²) in [6.45, 7) is 7.97. The zero-order valence-corrected chi connectivity index (χ0v) is 20.6. The van der Waals surface area contributed by atoms with Gasteiger partial charge in [0.05, 0.1) is 10.8 Å². The number of nitrogens with zero attached hydrogens (tertiary/aromatic N) is 3. The molecule has 7 heteroatoms. The van der Waals surface area contributed by atoms with Crippen molar-refractivity contribution in [3.05, 3.63) is 70.3 Å². The number of rotatable bonds is 7. The fourth-order valence-electron chi connectivity index (χ4n) is 3.58. The molecule has 172 valence electrons. The number of carbonyl (C=O) groups is 1. The first-order valence-corrected chi connectivity index (χ1v) is 12.0. The van der Waals surface area contributed by atoms with Crippen molar-refractivity contribution in [2.24, 2.45) is 0 Å². The van der Waals surface area contributed by atoms with E-state index in [0.29, 0.717) is 22.6 Å². The summed E-state index contributed by atoms with van der Waals surface area (Å²) in [6, 6.07) is 17.8. The van der Waals surface area contributed by atoms with Gasteiger partial charge in [-0.05, 0) is 61.1 Å². The second-order valence-electron chi connectivity index (χ2n) is 8.00. The Labute approximate surface area is 204 Å². The van der Waals surface area contributed by atoms with E-state index in [1.807, 2.05) is 63.2 Å². The lowest BCUT2D eigenvalue weighted by atomic mass is 9.96. The van der Waals surface area contributed by atoms with Gasteiger partial charge in [-0.2, -0.15) is 10.5 Å². The molecule has 0 aliphatic rings. The number of hydrogen-bond donors (Lipinski definition) is 2.